The number of thiophene rings is 1. The average molecular weight is 682 g/mol. The standard InChI is InChI=1S/C48H31N3S/c1-6-19-40-33(14-1)34-15-2-7-20-41(34)49(40)30-12-11-13-31(28-30)51-44-26-24-32(50-42-21-8-3-16-35(42)36-17-4-9-22-43(36)50)29-39(44)47-45(51)27-25-38-37-18-5-10-23-46(37)52-48(38)47/h1-6,8-19,21-29H,7,20H2. The van der Waals surface area contributed by atoms with E-state index in [0.717, 1.165) is 12.8 Å². The molecule has 0 amide bonds. The van der Waals surface area contributed by atoms with Gasteiger partial charge in [-0.3, -0.25) is 0 Å². The van der Waals surface area contributed by atoms with Gasteiger partial charge in [-0.2, -0.15) is 0 Å². The minimum absolute atomic E-state index is 1.04. The molecule has 0 atom stereocenters. The highest BCUT2D eigenvalue weighted by atomic mass is 32.1. The van der Waals surface area contributed by atoms with Crippen molar-refractivity contribution < 1.29 is 0 Å². The lowest BCUT2D eigenvalue weighted by molar-refractivity contribution is 0.888. The predicted octanol–water partition coefficient (Wildman–Crippen LogP) is 13.2. The first kappa shape index (κ1) is 28.3. The number of fused-ring (bicyclic) bond motifs is 13. The second-order valence-electron chi connectivity index (χ2n) is 14.0. The molecule has 7 aromatic carbocycles. The highest BCUT2D eigenvalue weighted by Crippen LogP contribution is 2.45. The maximum atomic E-state index is 2.50. The molecule has 4 heteroatoms. The Balaban J connectivity index is 1.17. The van der Waals surface area contributed by atoms with Gasteiger partial charge in [-0.25, -0.2) is 0 Å². The van der Waals surface area contributed by atoms with Crippen LogP contribution < -0.4 is 0 Å². The Kier molecular flexibility index (Phi) is 5.77. The van der Waals surface area contributed by atoms with Crippen LogP contribution in [0, 0.1) is 0 Å². The molecule has 0 saturated heterocycles. The summed E-state index contributed by atoms with van der Waals surface area (Å²) in [6.07, 6.45) is 6.74. The second-order valence-corrected chi connectivity index (χ2v) is 15.1. The highest BCUT2D eigenvalue weighted by Gasteiger charge is 2.22. The van der Waals surface area contributed by atoms with E-state index in [-0.39, 0.29) is 0 Å². The fourth-order valence-electron chi connectivity index (χ4n) is 9.13. The van der Waals surface area contributed by atoms with Crippen LogP contribution in [-0.2, 0) is 6.42 Å². The zero-order chi connectivity index (χ0) is 33.9. The Hall–Kier alpha value is -6.36. The van der Waals surface area contributed by atoms with Crippen molar-refractivity contribution in [2.24, 2.45) is 0 Å². The fourth-order valence-corrected chi connectivity index (χ4v) is 10.4. The molecule has 4 heterocycles. The Bertz CT molecular complexity index is 3250. The number of hydrogen-bond donors (Lipinski definition) is 0. The minimum Gasteiger partial charge on any atom is -0.313 e. The van der Waals surface area contributed by atoms with Crippen LogP contribution in [0.4, 0.5) is 0 Å². The zero-order valence-electron chi connectivity index (χ0n) is 28.3. The van der Waals surface area contributed by atoms with Crippen LogP contribution in [-0.4, -0.2) is 13.7 Å². The molecule has 0 fully saturated rings. The van der Waals surface area contributed by atoms with Gasteiger partial charge in [0.2, 0.25) is 0 Å². The van der Waals surface area contributed by atoms with Crippen LogP contribution in [0.25, 0.3) is 97.8 Å². The van der Waals surface area contributed by atoms with Gasteiger partial charge in [0, 0.05) is 75.4 Å². The van der Waals surface area contributed by atoms with Crippen LogP contribution >= 0.6 is 11.3 Å². The van der Waals surface area contributed by atoms with Crippen LogP contribution in [0.5, 0.6) is 0 Å². The summed E-state index contributed by atoms with van der Waals surface area (Å²) >= 11 is 1.91. The van der Waals surface area contributed by atoms with Gasteiger partial charge < -0.3 is 13.7 Å². The van der Waals surface area contributed by atoms with Crippen molar-refractivity contribution >= 4 is 92.1 Å². The molecule has 0 unspecified atom stereocenters. The highest BCUT2D eigenvalue weighted by molar-refractivity contribution is 7.26. The van der Waals surface area contributed by atoms with E-state index in [2.05, 4.69) is 178 Å². The molecule has 52 heavy (non-hydrogen) atoms. The van der Waals surface area contributed by atoms with Crippen molar-refractivity contribution in [2.75, 3.05) is 0 Å². The summed E-state index contributed by atoms with van der Waals surface area (Å²) in [5, 5.41) is 9.10. The minimum atomic E-state index is 1.04. The van der Waals surface area contributed by atoms with Gasteiger partial charge in [-0.15, -0.1) is 11.3 Å². The van der Waals surface area contributed by atoms with Gasteiger partial charge in [0.05, 0.1) is 27.6 Å². The van der Waals surface area contributed by atoms with Crippen molar-refractivity contribution in [1.82, 2.24) is 13.7 Å². The summed E-state index contributed by atoms with van der Waals surface area (Å²) in [5.41, 5.74) is 12.4. The van der Waals surface area contributed by atoms with Gasteiger partial charge in [0.1, 0.15) is 0 Å². The van der Waals surface area contributed by atoms with E-state index >= 15 is 0 Å². The van der Waals surface area contributed by atoms with Crippen molar-refractivity contribution in [3.8, 4) is 17.1 Å². The molecule has 12 rings (SSSR count). The van der Waals surface area contributed by atoms with E-state index in [1.165, 1.54) is 103 Å². The molecule has 1 aliphatic carbocycles. The molecule has 0 N–H and O–H groups in total. The molecular formula is C48H31N3S. The van der Waals surface area contributed by atoms with Crippen LogP contribution in [0.1, 0.15) is 17.7 Å². The third-order valence-electron chi connectivity index (χ3n) is 11.3. The number of allylic oxidation sites excluding steroid dienone is 1. The van der Waals surface area contributed by atoms with Gasteiger partial charge in [-0.1, -0.05) is 97.1 Å². The topological polar surface area (TPSA) is 14.8 Å². The van der Waals surface area contributed by atoms with E-state index in [1.807, 2.05) is 11.3 Å². The Morgan fingerprint density at radius 3 is 1.81 bits per heavy atom. The van der Waals surface area contributed by atoms with Crippen molar-refractivity contribution in [2.45, 2.75) is 12.8 Å². The fraction of sp³-hybridized carbons (Fsp3) is 0.0417. The number of benzene rings is 7. The van der Waals surface area contributed by atoms with Crippen molar-refractivity contribution in [3.05, 3.63) is 169 Å². The molecule has 0 radical (unpaired) electrons. The first-order valence-corrected chi connectivity index (χ1v) is 18.9. The van der Waals surface area contributed by atoms with E-state index in [0.29, 0.717) is 0 Å². The SMILES string of the molecule is C1=Cc2c(n(-c3cccc(-n4c5ccc(-n6c7ccccc7c7ccccc76)cc5c5c6sc7ccccc7c6ccc54)c3)c3ccccc23)CC1. The monoisotopic (exact) mass is 681 g/mol. The first-order valence-electron chi connectivity index (χ1n) is 18.1. The number of rotatable bonds is 3. The van der Waals surface area contributed by atoms with E-state index in [4.69, 9.17) is 0 Å². The maximum Gasteiger partial charge on any atom is 0.0555 e. The van der Waals surface area contributed by atoms with Gasteiger partial charge in [-0.05, 0) is 79.6 Å². The summed E-state index contributed by atoms with van der Waals surface area (Å²) in [7, 11) is 0. The lowest BCUT2D eigenvalue weighted by atomic mass is 10.0. The first-order chi connectivity index (χ1) is 25.8. The number of para-hydroxylation sites is 3. The largest absolute Gasteiger partial charge is 0.313 e. The van der Waals surface area contributed by atoms with Crippen LogP contribution in [0.15, 0.2) is 158 Å². The van der Waals surface area contributed by atoms with Gasteiger partial charge in [0.15, 0.2) is 0 Å². The molecular weight excluding hydrogens is 651 g/mol. The number of nitrogens with zero attached hydrogens (tertiary/aromatic N) is 3. The molecule has 244 valence electrons. The van der Waals surface area contributed by atoms with Gasteiger partial charge in [0.25, 0.3) is 0 Å². The lowest BCUT2D eigenvalue weighted by Gasteiger charge is -2.16. The Labute approximate surface area is 303 Å². The van der Waals surface area contributed by atoms with E-state index < -0.39 is 0 Å². The average Bonchev–Trinajstić information content (AvgIpc) is 3.94. The second kappa shape index (κ2) is 10.6. The van der Waals surface area contributed by atoms with Gasteiger partial charge >= 0.3 is 0 Å². The van der Waals surface area contributed by atoms with Crippen LogP contribution in [0.3, 0.4) is 0 Å². The van der Waals surface area contributed by atoms with Crippen LogP contribution in [0.2, 0.25) is 0 Å². The predicted molar refractivity (Wildman–Crippen MR) is 222 cm³/mol. The lowest BCUT2D eigenvalue weighted by Crippen LogP contribution is -2.04. The van der Waals surface area contributed by atoms with E-state index in [9.17, 15) is 0 Å². The van der Waals surface area contributed by atoms with E-state index in [1.54, 1.807) is 0 Å². The smallest absolute Gasteiger partial charge is 0.0555 e. The Morgan fingerprint density at radius 2 is 1.02 bits per heavy atom. The molecule has 4 aromatic heterocycles. The molecule has 0 bridgehead atoms. The van der Waals surface area contributed by atoms with Crippen molar-refractivity contribution in [1.29, 1.82) is 0 Å². The third kappa shape index (κ3) is 3.79. The maximum absolute atomic E-state index is 2.50. The summed E-state index contributed by atoms with van der Waals surface area (Å²) in [6.45, 7) is 0. The molecule has 11 aromatic rings. The molecule has 1 aliphatic rings. The molecule has 0 saturated carbocycles. The normalized spacial score (nSPS) is 13.2. The molecule has 0 spiro atoms. The van der Waals surface area contributed by atoms with Crippen molar-refractivity contribution in [3.63, 3.8) is 0 Å². The number of aromatic nitrogens is 3. The quantitative estimate of drug-likeness (QED) is 0.176. The zero-order valence-corrected chi connectivity index (χ0v) is 29.1. The summed E-state index contributed by atoms with van der Waals surface area (Å²) in [6, 6.07) is 56.2. The third-order valence-corrected chi connectivity index (χ3v) is 12.5. The molecule has 0 aliphatic heterocycles. The summed E-state index contributed by atoms with van der Waals surface area (Å²) in [4.78, 5) is 0. The number of hydrogen-bond acceptors (Lipinski definition) is 1. The molecule has 3 nitrogen and oxygen atoms in total. The summed E-state index contributed by atoms with van der Waals surface area (Å²) in [5.74, 6) is 0. The Morgan fingerprint density at radius 1 is 0.423 bits per heavy atom. The summed E-state index contributed by atoms with van der Waals surface area (Å²) < 4.78 is 10.1.